The standard InChI is InChI=1S/C15H19NO3/c1-4-11-5-6-14(19-3)12(7-11)8-15(17)16-9-13(10-16)18-2/h4-7,13H,1,8-10H2,2-3H3. The second-order valence-corrected chi connectivity index (χ2v) is 4.61. The lowest BCUT2D eigenvalue weighted by Gasteiger charge is -2.38. The predicted octanol–water partition coefficient (Wildman–Crippen LogP) is 1.74. The van der Waals surface area contributed by atoms with Gasteiger partial charge in [0.15, 0.2) is 0 Å². The molecular weight excluding hydrogens is 242 g/mol. The minimum Gasteiger partial charge on any atom is -0.496 e. The van der Waals surface area contributed by atoms with E-state index in [1.54, 1.807) is 25.2 Å². The Bertz CT molecular complexity index is 478. The molecular formula is C15H19NO3. The van der Waals surface area contributed by atoms with Gasteiger partial charge in [0.2, 0.25) is 5.91 Å². The van der Waals surface area contributed by atoms with Gasteiger partial charge in [-0.2, -0.15) is 0 Å². The molecule has 0 radical (unpaired) electrons. The van der Waals surface area contributed by atoms with Crippen LogP contribution in [0.25, 0.3) is 6.08 Å². The third kappa shape index (κ3) is 2.96. The van der Waals surface area contributed by atoms with E-state index in [4.69, 9.17) is 9.47 Å². The van der Waals surface area contributed by atoms with E-state index >= 15 is 0 Å². The van der Waals surface area contributed by atoms with E-state index in [-0.39, 0.29) is 12.0 Å². The molecule has 1 amide bonds. The minimum atomic E-state index is 0.104. The van der Waals surface area contributed by atoms with Crippen molar-refractivity contribution in [1.29, 1.82) is 0 Å². The summed E-state index contributed by atoms with van der Waals surface area (Å²) in [5.41, 5.74) is 1.88. The Morgan fingerprint density at radius 1 is 1.47 bits per heavy atom. The summed E-state index contributed by atoms with van der Waals surface area (Å²) in [6.07, 6.45) is 2.30. The molecule has 4 nitrogen and oxygen atoms in total. The topological polar surface area (TPSA) is 38.8 Å². The van der Waals surface area contributed by atoms with Gasteiger partial charge in [0, 0.05) is 25.8 Å². The molecule has 1 fully saturated rings. The van der Waals surface area contributed by atoms with Crippen molar-refractivity contribution in [3.8, 4) is 5.75 Å². The van der Waals surface area contributed by atoms with Crippen LogP contribution < -0.4 is 4.74 Å². The fraction of sp³-hybridized carbons (Fsp3) is 0.400. The van der Waals surface area contributed by atoms with Crippen molar-refractivity contribution in [3.05, 3.63) is 35.9 Å². The third-order valence-electron chi connectivity index (χ3n) is 3.42. The zero-order valence-electron chi connectivity index (χ0n) is 11.4. The summed E-state index contributed by atoms with van der Waals surface area (Å²) in [5, 5.41) is 0. The highest BCUT2D eigenvalue weighted by Gasteiger charge is 2.30. The first-order valence-electron chi connectivity index (χ1n) is 6.28. The summed E-state index contributed by atoms with van der Waals surface area (Å²) >= 11 is 0. The number of rotatable bonds is 5. The summed E-state index contributed by atoms with van der Waals surface area (Å²) < 4.78 is 10.5. The minimum absolute atomic E-state index is 0.104. The van der Waals surface area contributed by atoms with Crippen molar-refractivity contribution in [3.63, 3.8) is 0 Å². The first-order chi connectivity index (χ1) is 9.17. The molecule has 0 N–H and O–H groups in total. The smallest absolute Gasteiger partial charge is 0.227 e. The van der Waals surface area contributed by atoms with Crippen LogP contribution in [0.2, 0.25) is 0 Å². The van der Waals surface area contributed by atoms with E-state index < -0.39 is 0 Å². The van der Waals surface area contributed by atoms with Crippen LogP contribution in [-0.4, -0.2) is 44.2 Å². The number of benzene rings is 1. The van der Waals surface area contributed by atoms with Crippen LogP contribution in [0.4, 0.5) is 0 Å². The number of carbonyl (C=O) groups is 1. The van der Waals surface area contributed by atoms with Crippen LogP contribution in [0.1, 0.15) is 11.1 Å². The molecule has 1 saturated heterocycles. The van der Waals surface area contributed by atoms with Crippen LogP contribution in [0.15, 0.2) is 24.8 Å². The molecule has 0 atom stereocenters. The predicted molar refractivity (Wildman–Crippen MR) is 74.2 cm³/mol. The highest BCUT2D eigenvalue weighted by molar-refractivity contribution is 5.80. The van der Waals surface area contributed by atoms with Crippen LogP contribution in [-0.2, 0) is 16.0 Å². The van der Waals surface area contributed by atoms with Crippen molar-refractivity contribution < 1.29 is 14.3 Å². The van der Waals surface area contributed by atoms with Crippen molar-refractivity contribution in [2.45, 2.75) is 12.5 Å². The average molecular weight is 261 g/mol. The Balaban J connectivity index is 2.05. The molecule has 0 aromatic heterocycles. The van der Waals surface area contributed by atoms with Gasteiger partial charge in [0.1, 0.15) is 5.75 Å². The maximum Gasteiger partial charge on any atom is 0.227 e. The fourth-order valence-corrected chi connectivity index (χ4v) is 2.13. The number of hydrogen-bond acceptors (Lipinski definition) is 3. The number of methoxy groups -OCH3 is 2. The zero-order valence-corrected chi connectivity index (χ0v) is 11.4. The molecule has 0 aliphatic carbocycles. The molecule has 2 rings (SSSR count). The highest BCUT2D eigenvalue weighted by atomic mass is 16.5. The molecule has 1 aliphatic heterocycles. The van der Waals surface area contributed by atoms with E-state index in [0.717, 1.165) is 16.9 Å². The molecule has 1 aromatic carbocycles. The van der Waals surface area contributed by atoms with Gasteiger partial charge >= 0.3 is 0 Å². The van der Waals surface area contributed by atoms with Gasteiger partial charge in [0.25, 0.3) is 0 Å². The lowest BCUT2D eigenvalue weighted by molar-refractivity contribution is -0.142. The van der Waals surface area contributed by atoms with E-state index in [0.29, 0.717) is 19.5 Å². The van der Waals surface area contributed by atoms with Crippen molar-refractivity contribution in [2.24, 2.45) is 0 Å². The monoisotopic (exact) mass is 261 g/mol. The van der Waals surface area contributed by atoms with Crippen molar-refractivity contribution >= 4 is 12.0 Å². The summed E-state index contributed by atoms with van der Waals surface area (Å²) in [6, 6.07) is 5.73. The number of likely N-dealkylation sites (tertiary alicyclic amines) is 1. The van der Waals surface area contributed by atoms with Gasteiger partial charge in [-0.3, -0.25) is 4.79 Å². The normalized spacial score (nSPS) is 14.9. The van der Waals surface area contributed by atoms with Crippen molar-refractivity contribution in [2.75, 3.05) is 27.3 Å². The van der Waals surface area contributed by atoms with E-state index in [2.05, 4.69) is 6.58 Å². The Morgan fingerprint density at radius 3 is 2.79 bits per heavy atom. The Kier molecular flexibility index (Phi) is 4.22. The molecule has 102 valence electrons. The highest BCUT2D eigenvalue weighted by Crippen LogP contribution is 2.23. The maximum atomic E-state index is 12.1. The third-order valence-corrected chi connectivity index (χ3v) is 3.42. The summed E-state index contributed by atoms with van der Waals surface area (Å²) in [7, 11) is 3.28. The molecule has 4 heteroatoms. The van der Waals surface area contributed by atoms with E-state index in [1.165, 1.54) is 0 Å². The summed E-state index contributed by atoms with van der Waals surface area (Å²) in [5.74, 6) is 0.843. The first-order valence-corrected chi connectivity index (χ1v) is 6.28. The van der Waals surface area contributed by atoms with Crippen LogP contribution in [0.5, 0.6) is 5.75 Å². The molecule has 0 saturated carbocycles. The Morgan fingerprint density at radius 2 is 2.21 bits per heavy atom. The summed E-state index contributed by atoms with van der Waals surface area (Å²) in [6.45, 7) is 5.10. The molecule has 1 aliphatic rings. The maximum absolute atomic E-state index is 12.1. The molecule has 0 unspecified atom stereocenters. The molecule has 0 spiro atoms. The van der Waals surface area contributed by atoms with Gasteiger partial charge < -0.3 is 14.4 Å². The zero-order chi connectivity index (χ0) is 13.8. The Labute approximate surface area is 113 Å². The van der Waals surface area contributed by atoms with Gasteiger partial charge in [-0.1, -0.05) is 18.7 Å². The van der Waals surface area contributed by atoms with Crippen molar-refractivity contribution in [1.82, 2.24) is 4.90 Å². The quantitative estimate of drug-likeness (QED) is 0.810. The van der Waals surface area contributed by atoms with E-state index in [9.17, 15) is 4.79 Å². The van der Waals surface area contributed by atoms with Gasteiger partial charge in [-0.05, 0) is 17.7 Å². The van der Waals surface area contributed by atoms with Crippen LogP contribution in [0, 0.1) is 0 Å². The number of ether oxygens (including phenoxy) is 2. The molecule has 19 heavy (non-hydrogen) atoms. The van der Waals surface area contributed by atoms with Crippen LogP contribution in [0.3, 0.4) is 0 Å². The summed E-state index contributed by atoms with van der Waals surface area (Å²) in [4.78, 5) is 13.9. The van der Waals surface area contributed by atoms with Crippen LogP contribution >= 0.6 is 0 Å². The van der Waals surface area contributed by atoms with Gasteiger partial charge in [-0.25, -0.2) is 0 Å². The van der Waals surface area contributed by atoms with E-state index in [1.807, 2.05) is 18.2 Å². The lowest BCUT2D eigenvalue weighted by Crippen LogP contribution is -2.54. The number of amides is 1. The lowest BCUT2D eigenvalue weighted by atomic mass is 10.0. The fourth-order valence-electron chi connectivity index (χ4n) is 2.13. The first kappa shape index (κ1) is 13.6. The molecule has 1 aromatic rings. The Hall–Kier alpha value is -1.81. The van der Waals surface area contributed by atoms with Gasteiger partial charge in [0.05, 0.1) is 19.6 Å². The molecule has 1 heterocycles. The number of hydrogen-bond donors (Lipinski definition) is 0. The largest absolute Gasteiger partial charge is 0.496 e. The number of nitrogens with zero attached hydrogens (tertiary/aromatic N) is 1. The average Bonchev–Trinajstić information content (AvgIpc) is 2.37. The SMILES string of the molecule is C=Cc1ccc(OC)c(CC(=O)N2CC(OC)C2)c1. The second kappa shape index (κ2) is 5.89. The second-order valence-electron chi connectivity index (χ2n) is 4.61. The van der Waals surface area contributed by atoms with Gasteiger partial charge in [-0.15, -0.1) is 0 Å². The molecule has 0 bridgehead atoms. The number of carbonyl (C=O) groups excluding carboxylic acids is 1.